The van der Waals surface area contributed by atoms with Crippen LogP contribution in [0.15, 0.2) is 49.2 Å². The molecular formula is C27H26Cl2N6O4. The molecule has 202 valence electrons. The van der Waals surface area contributed by atoms with E-state index in [1.54, 1.807) is 24.4 Å². The molecule has 0 atom stereocenters. The van der Waals surface area contributed by atoms with Gasteiger partial charge in [0.25, 0.3) is 0 Å². The number of pyridine rings is 1. The number of nitrogens with zero attached hydrogens (tertiary/aromatic N) is 3. The van der Waals surface area contributed by atoms with Crippen molar-refractivity contribution in [2.24, 2.45) is 0 Å². The molecule has 10 nitrogen and oxygen atoms in total. The van der Waals surface area contributed by atoms with Crippen molar-refractivity contribution in [1.82, 2.24) is 15.0 Å². The number of aliphatic hydroxyl groups is 1. The molecule has 0 aliphatic rings. The zero-order valence-corrected chi connectivity index (χ0v) is 22.9. The van der Waals surface area contributed by atoms with Gasteiger partial charge in [-0.15, -0.1) is 0 Å². The fourth-order valence-electron chi connectivity index (χ4n) is 3.87. The van der Waals surface area contributed by atoms with Crippen LogP contribution in [0.1, 0.15) is 5.56 Å². The third kappa shape index (κ3) is 5.83. The zero-order chi connectivity index (χ0) is 28.1. The summed E-state index contributed by atoms with van der Waals surface area (Å²) in [5, 5.41) is 19.7. The first-order valence-corrected chi connectivity index (χ1v) is 12.5. The second-order valence-electron chi connectivity index (χ2n) is 8.24. The van der Waals surface area contributed by atoms with Gasteiger partial charge in [-0.2, -0.15) is 0 Å². The van der Waals surface area contributed by atoms with E-state index >= 15 is 0 Å². The summed E-state index contributed by atoms with van der Waals surface area (Å²) in [5.74, 6) is 1.04. The van der Waals surface area contributed by atoms with Gasteiger partial charge in [0, 0.05) is 29.8 Å². The van der Waals surface area contributed by atoms with Gasteiger partial charge in [-0.1, -0.05) is 41.9 Å². The minimum atomic E-state index is -0.346. The highest BCUT2D eigenvalue weighted by molar-refractivity contribution is 6.41. The Bertz CT molecular complexity index is 1540. The Labute approximate surface area is 235 Å². The van der Waals surface area contributed by atoms with Crippen LogP contribution in [0.25, 0.3) is 22.2 Å². The number of fused-ring (bicyclic) bond motifs is 1. The lowest BCUT2D eigenvalue weighted by Crippen LogP contribution is -2.11. The highest BCUT2D eigenvalue weighted by atomic mass is 35.5. The molecule has 0 aliphatic carbocycles. The quantitative estimate of drug-likeness (QED) is 0.180. The van der Waals surface area contributed by atoms with Crippen LogP contribution in [0.3, 0.4) is 0 Å². The van der Waals surface area contributed by atoms with Crippen molar-refractivity contribution in [3.8, 4) is 22.8 Å². The number of aliphatic hydroxyl groups excluding tert-OH is 1. The fraction of sp³-hybridized carbons (Fsp3) is 0.185. The number of hydrogen-bond donors (Lipinski definition) is 4. The second-order valence-corrected chi connectivity index (χ2v) is 8.99. The predicted molar refractivity (Wildman–Crippen MR) is 155 cm³/mol. The average Bonchev–Trinajstić information content (AvgIpc) is 2.93. The van der Waals surface area contributed by atoms with Crippen molar-refractivity contribution in [2.45, 2.75) is 6.92 Å². The summed E-state index contributed by atoms with van der Waals surface area (Å²) in [6, 6.07) is 8.82. The van der Waals surface area contributed by atoms with Gasteiger partial charge in [-0.25, -0.2) is 15.0 Å². The average molecular weight is 569 g/mol. The molecule has 0 aliphatic heterocycles. The van der Waals surface area contributed by atoms with E-state index in [-0.39, 0.29) is 35.1 Å². The molecule has 2 aromatic carbocycles. The summed E-state index contributed by atoms with van der Waals surface area (Å²) in [4.78, 5) is 25.8. The summed E-state index contributed by atoms with van der Waals surface area (Å²) >= 11 is 13.3. The van der Waals surface area contributed by atoms with Crippen LogP contribution in [-0.4, -0.2) is 53.3 Å². The lowest BCUT2D eigenvalue weighted by Gasteiger charge is -2.17. The highest BCUT2D eigenvalue weighted by Crippen LogP contribution is 2.46. The smallest absolute Gasteiger partial charge is 0.247 e. The van der Waals surface area contributed by atoms with Gasteiger partial charge in [0.2, 0.25) is 11.9 Å². The summed E-state index contributed by atoms with van der Waals surface area (Å²) in [7, 11) is 2.98. The number of aromatic nitrogens is 3. The maximum atomic E-state index is 11.9. The molecular weight excluding hydrogens is 543 g/mol. The number of carbonyl (C=O) groups excluding carboxylic acids is 1. The molecule has 4 rings (SSSR count). The van der Waals surface area contributed by atoms with E-state index in [1.165, 1.54) is 20.3 Å². The third-order valence-electron chi connectivity index (χ3n) is 5.75. The first-order chi connectivity index (χ1) is 18.8. The number of amides is 1. The van der Waals surface area contributed by atoms with E-state index in [1.807, 2.05) is 19.1 Å². The topological polar surface area (TPSA) is 131 Å². The molecule has 4 aromatic rings. The summed E-state index contributed by atoms with van der Waals surface area (Å²) in [6.45, 7) is 5.48. The summed E-state index contributed by atoms with van der Waals surface area (Å²) in [6.07, 6.45) is 2.82. The van der Waals surface area contributed by atoms with Crippen LogP contribution >= 0.6 is 23.2 Å². The molecule has 0 fully saturated rings. The molecule has 2 aromatic heterocycles. The van der Waals surface area contributed by atoms with Crippen LogP contribution in [0.2, 0.25) is 10.0 Å². The number of benzene rings is 2. The molecule has 12 heteroatoms. The first-order valence-electron chi connectivity index (χ1n) is 11.7. The SMILES string of the molecule is C=CC(=O)Nc1cccc(C)c1Nc1ncc2cc(-c3c(Cl)c(OC)cc(OC)c3Cl)nc(NCCO)c2n1. The molecule has 0 spiro atoms. The number of methoxy groups -OCH3 is 2. The Kier molecular flexibility index (Phi) is 8.70. The number of halogens is 2. The largest absolute Gasteiger partial charge is 0.495 e. The van der Waals surface area contributed by atoms with E-state index < -0.39 is 0 Å². The number of anilines is 4. The molecule has 0 unspecified atom stereocenters. The van der Waals surface area contributed by atoms with Crippen molar-refractivity contribution in [1.29, 1.82) is 0 Å². The Morgan fingerprint density at radius 3 is 2.49 bits per heavy atom. The van der Waals surface area contributed by atoms with Crippen molar-refractivity contribution in [2.75, 3.05) is 43.3 Å². The Morgan fingerprint density at radius 1 is 1.13 bits per heavy atom. The Hall–Kier alpha value is -4.12. The van der Waals surface area contributed by atoms with E-state index in [2.05, 4.69) is 32.5 Å². The van der Waals surface area contributed by atoms with Crippen molar-refractivity contribution in [3.05, 3.63) is 64.8 Å². The number of carbonyl (C=O) groups is 1. The number of aryl methyl sites for hydroxylation is 1. The van der Waals surface area contributed by atoms with Gasteiger partial charge in [0.05, 0.1) is 47.9 Å². The van der Waals surface area contributed by atoms with E-state index in [0.717, 1.165) is 5.56 Å². The maximum absolute atomic E-state index is 11.9. The molecule has 1 amide bonds. The normalized spacial score (nSPS) is 10.7. The first kappa shape index (κ1) is 27.9. The van der Waals surface area contributed by atoms with Crippen molar-refractivity contribution >= 4 is 63.2 Å². The molecule has 2 heterocycles. The fourth-order valence-corrected chi connectivity index (χ4v) is 4.56. The Morgan fingerprint density at radius 2 is 1.85 bits per heavy atom. The van der Waals surface area contributed by atoms with Crippen molar-refractivity contribution < 1.29 is 19.4 Å². The standard InChI is InChI=1S/C27H26Cl2N6O4/c1-5-20(37)32-16-8-6-7-14(2)24(16)34-27-31-13-15-11-17(33-26(25(15)35-27)30-9-10-36)21-22(28)18(38-3)12-19(39-4)23(21)29/h5-8,11-13,36H,1,9-10H2,2-4H3,(H,30,33)(H,32,37)(H,31,34,35). The van der Waals surface area contributed by atoms with Crippen molar-refractivity contribution in [3.63, 3.8) is 0 Å². The molecule has 0 radical (unpaired) electrons. The number of hydrogen-bond acceptors (Lipinski definition) is 9. The number of para-hydroxylation sites is 1. The predicted octanol–water partition coefficient (Wildman–Crippen LogP) is 5.60. The minimum absolute atomic E-state index is 0.131. The van der Waals surface area contributed by atoms with Crippen LogP contribution in [0, 0.1) is 6.92 Å². The molecule has 0 bridgehead atoms. The zero-order valence-electron chi connectivity index (χ0n) is 21.4. The number of ether oxygens (including phenoxy) is 2. The number of rotatable bonds is 10. The molecule has 0 saturated heterocycles. The lowest BCUT2D eigenvalue weighted by atomic mass is 10.1. The molecule has 4 N–H and O–H groups in total. The maximum Gasteiger partial charge on any atom is 0.247 e. The highest BCUT2D eigenvalue weighted by Gasteiger charge is 2.22. The monoisotopic (exact) mass is 568 g/mol. The minimum Gasteiger partial charge on any atom is -0.495 e. The summed E-state index contributed by atoms with van der Waals surface area (Å²) in [5.41, 5.74) is 3.36. The molecule has 0 saturated carbocycles. The van der Waals surface area contributed by atoms with E-state index in [9.17, 15) is 9.90 Å². The van der Waals surface area contributed by atoms with Gasteiger partial charge < -0.3 is 30.5 Å². The van der Waals surface area contributed by atoms with Gasteiger partial charge in [-0.05, 0) is 30.7 Å². The van der Waals surface area contributed by atoms with E-state index in [0.29, 0.717) is 50.9 Å². The van der Waals surface area contributed by atoms with E-state index in [4.69, 9.17) is 37.7 Å². The van der Waals surface area contributed by atoms with Gasteiger partial charge >= 0.3 is 0 Å². The van der Waals surface area contributed by atoms with Gasteiger partial charge in [0.15, 0.2) is 5.82 Å². The van der Waals surface area contributed by atoms with Crippen LogP contribution in [0.5, 0.6) is 11.5 Å². The lowest BCUT2D eigenvalue weighted by molar-refractivity contribution is -0.111. The third-order valence-corrected chi connectivity index (χ3v) is 6.50. The summed E-state index contributed by atoms with van der Waals surface area (Å²) < 4.78 is 10.8. The van der Waals surface area contributed by atoms with Crippen LogP contribution < -0.4 is 25.4 Å². The van der Waals surface area contributed by atoms with Crippen LogP contribution in [0.4, 0.5) is 23.1 Å². The Balaban J connectivity index is 1.84. The van der Waals surface area contributed by atoms with Gasteiger partial charge in [0.1, 0.15) is 17.0 Å². The second kappa shape index (κ2) is 12.2. The van der Waals surface area contributed by atoms with Gasteiger partial charge in [-0.3, -0.25) is 4.79 Å². The van der Waals surface area contributed by atoms with Crippen LogP contribution in [-0.2, 0) is 4.79 Å². The molecule has 39 heavy (non-hydrogen) atoms. The number of nitrogens with one attached hydrogen (secondary N) is 3.